The van der Waals surface area contributed by atoms with Crippen LogP contribution in [0.5, 0.6) is 5.75 Å². The molecule has 4 nitrogen and oxygen atoms in total. The number of carbonyl (C=O) groups excluding carboxylic acids is 1. The minimum atomic E-state index is 0.137. The van der Waals surface area contributed by atoms with Crippen LogP contribution in [0, 0.1) is 0 Å². The number of amides is 1. The number of rotatable bonds is 5. The zero-order valence-electron chi connectivity index (χ0n) is 20.0. The van der Waals surface area contributed by atoms with Gasteiger partial charge in [0.25, 0.3) is 5.91 Å². The molecule has 6 rings (SSSR count). The lowest BCUT2D eigenvalue weighted by Gasteiger charge is -2.27. The molecule has 0 bridgehead atoms. The summed E-state index contributed by atoms with van der Waals surface area (Å²) in [7, 11) is 0. The van der Waals surface area contributed by atoms with Gasteiger partial charge < -0.3 is 9.64 Å². The van der Waals surface area contributed by atoms with Crippen molar-refractivity contribution < 1.29 is 9.53 Å². The van der Waals surface area contributed by atoms with Gasteiger partial charge in [0.2, 0.25) is 0 Å². The molecule has 2 aliphatic rings. The molecule has 4 heteroatoms. The van der Waals surface area contributed by atoms with Crippen LogP contribution in [0.3, 0.4) is 0 Å². The first-order valence-electron chi connectivity index (χ1n) is 12.8. The average molecular weight is 463 g/mol. The highest BCUT2D eigenvalue weighted by atomic mass is 16.5. The van der Waals surface area contributed by atoms with E-state index < -0.39 is 0 Å². The minimum Gasteiger partial charge on any atom is -0.493 e. The van der Waals surface area contributed by atoms with Crippen molar-refractivity contribution in [1.29, 1.82) is 0 Å². The van der Waals surface area contributed by atoms with Gasteiger partial charge in [-0.15, -0.1) is 0 Å². The van der Waals surface area contributed by atoms with Crippen molar-refractivity contribution in [3.05, 3.63) is 95.2 Å². The fourth-order valence-corrected chi connectivity index (χ4v) is 5.32. The number of benzene rings is 3. The molecule has 0 radical (unpaired) electrons. The smallest absolute Gasteiger partial charge is 0.254 e. The first kappa shape index (κ1) is 21.8. The molecule has 1 aromatic heterocycles. The topological polar surface area (TPSA) is 42.4 Å². The zero-order chi connectivity index (χ0) is 23.6. The predicted octanol–water partition coefficient (Wildman–Crippen LogP) is 6.25. The Kier molecular flexibility index (Phi) is 5.95. The van der Waals surface area contributed by atoms with Crippen LogP contribution in [0.2, 0.25) is 0 Å². The lowest BCUT2D eigenvalue weighted by Crippen LogP contribution is -2.35. The van der Waals surface area contributed by atoms with E-state index in [4.69, 9.17) is 9.72 Å². The highest BCUT2D eigenvalue weighted by molar-refractivity contribution is 6.07. The summed E-state index contributed by atoms with van der Waals surface area (Å²) in [6.45, 7) is 2.43. The third-order valence-corrected chi connectivity index (χ3v) is 7.27. The average Bonchev–Trinajstić information content (AvgIpc) is 3.40. The second-order valence-corrected chi connectivity index (χ2v) is 9.65. The highest BCUT2D eigenvalue weighted by Crippen LogP contribution is 2.33. The van der Waals surface area contributed by atoms with Crippen LogP contribution in [0.15, 0.2) is 72.8 Å². The van der Waals surface area contributed by atoms with Crippen molar-refractivity contribution in [2.75, 3.05) is 19.7 Å². The van der Waals surface area contributed by atoms with Crippen molar-refractivity contribution in [3.63, 3.8) is 0 Å². The van der Waals surface area contributed by atoms with Gasteiger partial charge in [-0.1, -0.05) is 42.5 Å². The number of hydrogen-bond acceptors (Lipinski definition) is 3. The van der Waals surface area contributed by atoms with Gasteiger partial charge in [-0.3, -0.25) is 9.78 Å². The number of hydrogen-bond donors (Lipinski definition) is 0. The van der Waals surface area contributed by atoms with Crippen molar-refractivity contribution >= 4 is 16.8 Å². The van der Waals surface area contributed by atoms with E-state index in [1.807, 2.05) is 17.0 Å². The van der Waals surface area contributed by atoms with Gasteiger partial charge in [0.05, 0.1) is 17.7 Å². The molecule has 0 aliphatic carbocycles. The summed E-state index contributed by atoms with van der Waals surface area (Å²) in [4.78, 5) is 20.7. The highest BCUT2D eigenvalue weighted by Gasteiger charge is 2.22. The quantitative estimate of drug-likeness (QED) is 0.352. The minimum absolute atomic E-state index is 0.137. The lowest BCUT2D eigenvalue weighted by molar-refractivity contribution is 0.0726. The Hall–Kier alpha value is -3.66. The summed E-state index contributed by atoms with van der Waals surface area (Å²) >= 11 is 0. The number of pyridine rings is 1. The van der Waals surface area contributed by atoms with Crippen molar-refractivity contribution in [2.24, 2.45) is 0 Å². The van der Waals surface area contributed by atoms with Crippen LogP contribution >= 0.6 is 0 Å². The summed E-state index contributed by atoms with van der Waals surface area (Å²) in [6.07, 6.45) is 6.03. The molecule has 3 aromatic carbocycles. The number of likely N-dealkylation sites (tertiary alicyclic amines) is 1. The molecule has 35 heavy (non-hydrogen) atoms. The number of fused-ring (bicyclic) bond motifs is 2. The predicted molar refractivity (Wildman–Crippen MR) is 140 cm³/mol. The molecule has 2 aliphatic heterocycles. The summed E-state index contributed by atoms with van der Waals surface area (Å²) in [5.41, 5.74) is 7.45. The molecule has 1 amide bonds. The van der Waals surface area contributed by atoms with Crippen LogP contribution in [0.25, 0.3) is 22.0 Å². The van der Waals surface area contributed by atoms with Crippen LogP contribution in [-0.2, 0) is 19.3 Å². The molecule has 1 fully saturated rings. The standard InChI is InChI=1S/C31H30N2O2/c34-31(33-16-5-2-6-17-33)28-21-26(12-9-22-7-3-1-4-8-22)32-29-13-10-24(20-27(28)29)23-11-14-30-25(19-23)15-18-35-30/h1,3-4,7-8,10-11,13-14,19-21H,2,5-6,9,12,15-18H2. The number of ether oxygens (including phenoxy) is 1. The fourth-order valence-electron chi connectivity index (χ4n) is 5.32. The molecular formula is C31H30N2O2. The van der Waals surface area contributed by atoms with E-state index >= 15 is 0 Å². The third-order valence-electron chi connectivity index (χ3n) is 7.27. The first-order valence-corrected chi connectivity index (χ1v) is 12.8. The third kappa shape index (κ3) is 4.53. The molecule has 0 saturated carbocycles. The van der Waals surface area contributed by atoms with Gasteiger partial charge in [-0.2, -0.15) is 0 Å². The summed E-state index contributed by atoms with van der Waals surface area (Å²) in [5, 5.41) is 0.943. The maximum absolute atomic E-state index is 13.7. The zero-order valence-corrected chi connectivity index (χ0v) is 20.0. The van der Waals surface area contributed by atoms with Gasteiger partial charge in [-0.05, 0) is 84.7 Å². The van der Waals surface area contributed by atoms with Crippen LogP contribution in [0.4, 0.5) is 0 Å². The Bertz CT molecular complexity index is 1370. The maximum atomic E-state index is 13.7. The van der Waals surface area contributed by atoms with Crippen molar-refractivity contribution in [3.8, 4) is 16.9 Å². The molecular weight excluding hydrogens is 432 g/mol. The molecule has 4 aromatic rings. The number of aryl methyl sites for hydroxylation is 2. The van der Waals surface area contributed by atoms with Gasteiger partial charge in [-0.25, -0.2) is 0 Å². The SMILES string of the molecule is O=C(c1cc(CCc2ccccc2)nc2ccc(-c3ccc4c(c3)CCO4)cc12)N1CCCCC1. The fraction of sp³-hybridized carbons (Fsp3) is 0.290. The maximum Gasteiger partial charge on any atom is 0.254 e. The van der Waals surface area contributed by atoms with E-state index in [0.717, 1.165) is 90.8 Å². The second kappa shape index (κ2) is 9.53. The summed E-state index contributed by atoms with van der Waals surface area (Å²) < 4.78 is 5.69. The van der Waals surface area contributed by atoms with E-state index in [1.54, 1.807) is 0 Å². The van der Waals surface area contributed by atoms with Gasteiger partial charge >= 0.3 is 0 Å². The molecule has 0 atom stereocenters. The number of aromatic nitrogens is 1. The Labute approximate surface area is 206 Å². The van der Waals surface area contributed by atoms with Gasteiger partial charge in [0, 0.05) is 30.6 Å². The monoisotopic (exact) mass is 462 g/mol. The van der Waals surface area contributed by atoms with Crippen molar-refractivity contribution in [2.45, 2.75) is 38.5 Å². The van der Waals surface area contributed by atoms with E-state index in [1.165, 1.54) is 17.5 Å². The Morgan fingerprint density at radius 2 is 1.66 bits per heavy atom. The van der Waals surface area contributed by atoms with Gasteiger partial charge in [0.1, 0.15) is 5.75 Å². The second-order valence-electron chi connectivity index (χ2n) is 9.65. The molecule has 3 heterocycles. The van der Waals surface area contributed by atoms with E-state index in [2.05, 4.69) is 60.7 Å². The van der Waals surface area contributed by atoms with Crippen LogP contribution < -0.4 is 4.74 Å². The van der Waals surface area contributed by atoms with E-state index in [9.17, 15) is 4.79 Å². The first-order chi connectivity index (χ1) is 17.2. The number of piperidine rings is 1. The number of nitrogens with zero attached hydrogens (tertiary/aromatic N) is 2. The normalized spacial score (nSPS) is 15.1. The molecule has 0 N–H and O–H groups in total. The Morgan fingerprint density at radius 1 is 0.857 bits per heavy atom. The molecule has 176 valence electrons. The molecule has 0 spiro atoms. The summed E-state index contributed by atoms with van der Waals surface area (Å²) in [6, 6.07) is 25.3. The Morgan fingerprint density at radius 3 is 2.51 bits per heavy atom. The number of carbonyl (C=O) groups is 1. The van der Waals surface area contributed by atoms with Crippen LogP contribution in [-0.4, -0.2) is 35.5 Å². The van der Waals surface area contributed by atoms with Crippen LogP contribution in [0.1, 0.15) is 46.4 Å². The van der Waals surface area contributed by atoms with E-state index in [0.29, 0.717) is 0 Å². The lowest BCUT2D eigenvalue weighted by atomic mass is 9.97. The molecule has 0 unspecified atom stereocenters. The Balaban J connectivity index is 1.40. The van der Waals surface area contributed by atoms with Crippen molar-refractivity contribution in [1.82, 2.24) is 9.88 Å². The molecule has 1 saturated heterocycles. The largest absolute Gasteiger partial charge is 0.493 e. The van der Waals surface area contributed by atoms with Gasteiger partial charge in [0.15, 0.2) is 0 Å². The summed E-state index contributed by atoms with van der Waals surface area (Å²) in [5.74, 6) is 1.12. The van der Waals surface area contributed by atoms with E-state index in [-0.39, 0.29) is 5.91 Å².